The fourth-order valence-corrected chi connectivity index (χ4v) is 5.82. The molecule has 0 aromatic carbocycles. The number of hydrogen-bond donors (Lipinski definition) is 0. The van der Waals surface area contributed by atoms with Crippen molar-refractivity contribution in [2.24, 2.45) is 4.99 Å². The van der Waals surface area contributed by atoms with Crippen LogP contribution in [0, 0.1) is 0 Å². The van der Waals surface area contributed by atoms with Crippen LogP contribution in [0.25, 0.3) is 0 Å². The molecule has 3 aliphatic heterocycles. The number of urea groups is 1. The molecule has 1 aliphatic carbocycles. The van der Waals surface area contributed by atoms with Crippen molar-refractivity contribution in [3.8, 4) is 0 Å². The number of thiazole rings is 1. The molecule has 3 saturated heterocycles. The third-order valence-electron chi connectivity index (χ3n) is 6.91. The fraction of sp³-hybridized carbons (Fsp3) is 0.652. The van der Waals surface area contributed by atoms with Gasteiger partial charge in [-0.15, -0.1) is 11.3 Å². The molecule has 3 amide bonds. The van der Waals surface area contributed by atoms with Crippen LogP contribution in [0.15, 0.2) is 4.99 Å². The van der Waals surface area contributed by atoms with Crippen LogP contribution in [0.4, 0.5) is 4.79 Å². The number of carbonyl (C=O) groups is 4. The molecule has 0 N–H and O–H groups in total. The molecule has 35 heavy (non-hydrogen) atoms. The maximum atomic E-state index is 13.1. The average molecular weight is 503 g/mol. The van der Waals surface area contributed by atoms with E-state index >= 15 is 0 Å². The molecule has 0 saturated carbocycles. The molecule has 5 rings (SSSR count). The summed E-state index contributed by atoms with van der Waals surface area (Å²) in [6, 6.07) is -0.0298. The van der Waals surface area contributed by atoms with Crippen LogP contribution in [0.1, 0.15) is 49.2 Å². The lowest BCUT2D eigenvalue weighted by Crippen LogP contribution is -2.55. The third-order valence-corrected chi connectivity index (χ3v) is 7.99. The number of fused-ring (bicyclic) bond motifs is 1. The summed E-state index contributed by atoms with van der Waals surface area (Å²) >= 11 is 0.986. The number of hydrogen-bond acceptors (Lipinski definition) is 9. The van der Waals surface area contributed by atoms with E-state index in [4.69, 9.17) is 4.74 Å². The van der Waals surface area contributed by atoms with Gasteiger partial charge in [-0.1, -0.05) is 0 Å². The molecule has 3 fully saturated rings. The number of Topliss-reactive ketones (excluding diaryl/α,β-unsaturated/α-hetero) is 2. The van der Waals surface area contributed by atoms with E-state index in [9.17, 15) is 19.2 Å². The first kappa shape index (κ1) is 24.0. The molecule has 0 spiro atoms. The summed E-state index contributed by atoms with van der Waals surface area (Å²) in [5, 5.41) is 0.142. The Morgan fingerprint density at radius 3 is 2.29 bits per heavy atom. The van der Waals surface area contributed by atoms with Crippen molar-refractivity contribution >= 4 is 40.6 Å². The molecule has 1 aromatic rings. The molecule has 4 aliphatic rings. The van der Waals surface area contributed by atoms with Crippen molar-refractivity contribution < 1.29 is 23.9 Å². The highest BCUT2D eigenvalue weighted by molar-refractivity contribution is 7.16. The summed E-state index contributed by atoms with van der Waals surface area (Å²) in [6.07, 6.45) is 2.34. The maximum Gasteiger partial charge on any atom is 0.320 e. The summed E-state index contributed by atoms with van der Waals surface area (Å²) in [6.45, 7) is 7.21. The quantitative estimate of drug-likeness (QED) is 0.594. The van der Waals surface area contributed by atoms with Gasteiger partial charge in [0.25, 0.3) is 5.91 Å². The molecule has 4 heterocycles. The van der Waals surface area contributed by atoms with Crippen LogP contribution in [0.5, 0.6) is 0 Å². The molecule has 12 heteroatoms. The summed E-state index contributed by atoms with van der Waals surface area (Å²) in [4.78, 5) is 67.8. The van der Waals surface area contributed by atoms with E-state index in [1.807, 2.05) is 0 Å². The molecule has 188 valence electrons. The van der Waals surface area contributed by atoms with E-state index in [2.05, 4.69) is 14.9 Å². The zero-order chi connectivity index (χ0) is 24.4. The predicted molar refractivity (Wildman–Crippen MR) is 129 cm³/mol. The monoisotopic (exact) mass is 502 g/mol. The van der Waals surface area contributed by atoms with E-state index in [-0.39, 0.29) is 51.2 Å². The zero-order valence-electron chi connectivity index (χ0n) is 19.7. The van der Waals surface area contributed by atoms with Gasteiger partial charge in [-0.2, -0.15) is 0 Å². The Bertz CT molecular complexity index is 1040. The van der Waals surface area contributed by atoms with Crippen LogP contribution in [-0.2, 0) is 4.74 Å². The second kappa shape index (κ2) is 10.5. The van der Waals surface area contributed by atoms with E-state index in [1.165, 1.54) is 12.8 Å². The summed E-state index contributed by atoms with van der Waals surface area (Å²) in [5.41, 5.74) is 0.289. The van der Waals surface area contributed by atoms with Crippen molar-refractivity contribution in [2.75, 3.05) is 78.7 Å². The topological polar surface area (TPSA) is 116 Å². The number of ketones is 2. The van der Waals surface area contributed by atoms with Gasteiger partial charge in [0, 0.05) is 45.8 Å². The van der Waals surface area contributed by atoms with E-state index in [0.717, 1.165) is 31.0 Å². The van der Waals surface area contributed by atoms with E-state index in [0.29, 0.717) is 59.0 Å². The molecule has 1 aromatic heterocycles. The number of carbonyl (C=O) groups excluding carboxylic acids is 4. The van der Waals surface area contributed by atoms with Crippen molar-refractivity contribution in [3.63, 3.8) is 0 Å². The van der Waals surface area contributed by atoms with Crippen molar-refractivity contribution in [2.45, 2.75) is 19.3 Å². The number of likely N-dealkylation sites (tertiary alicyclic amines) is 1. The van der Waals surface area contributed by atoms with Gasteiger partial charge in [0.15, 0.2) is 10.8 Å². The van der Waals surface area contributed by atoms with Crippen molar-refractivity contribution in [1.82, 2.24) is 24.6 Å². The highest BCUT2D eigenvalue weighted by atomic mass is 32.1. The SMILES string of the molecule is O=C1C(=NCCN2CCCC2)CC(=O)c2sc(C(=O)N3CCN(C(=O)N4CCOCC4)CC3)nc21. The van der Waals surface area contributed by atoms with Gasteiger partial charge in [0.1, 0.15) is 10.6 Å². The minimum absolute atomic E-state index is 0.0298. The predicted octanol–water partition coefficient (Wildman–Crippen LogP) is 0.659. The van der Waals surface area contributed by atoms with Crippen LogP contribution in [0.3, 0.4) is 0 Å². The van der Waals surface area contributed by atoms with E-state index < -0.39 is 0 Å². The lowest BCUT2D eigenvalue weighted by molar-refractivity contribution is 0.0362. The van der Waals surface area contributed by atoms with Gasteiger partial charge in [-0.25, -0.2) is 9.78 Å². The van der Waals surface area contributed by atoms with Gasteiger partial charge < -0.3 is 24.3 Å². The van der Waals surface area contributed by atoms with Crippen LogP contribution >= 0.6 is 11.3 Å². The molecule has 0 bridgehead atoms. The van der Waals surface area contributed by atoms with Gasteiger partial charge in [-0.05, 0) is 25.9 Å². The van der Waals surface area contributed by atoms with Gasteiger partial charge in [0.2, 0.25) is 5.78 Å². The molecule has 0 unspecified atom stereocenters. The smallest absolute Gasteiger partial charge is 0.320 e. The highest BCUT2D eigenvalue weighted by Crippen LogP contribution is 2.27. The number of piperazine rings is 1. The minimum Gasteiger partial charge on any atom is -0.378 e. The van der Waals surface area contributed by atoms with Gasteiger partial charge >= 0.3 is 6.03 Å². The molecule has 0 atom stereocenters. The number of morpholine rings is 1. The average Bonchev–Trinajstić information content (AvgIpc) is 3.58. The Balaban J connectivity index is 1.20. The Morgan fingerprint density at radius 1 is 0.914 bits per heavy atom. The minimum atomic E-state index is -0.350. The van der Waals surface area contributed by atoms with E-state index in [1.54, 1.807) is 14.7 Å². The first-order valence-electron chi connectivity index (χ1n) is 12.3. The van der Waals surface area contributed by atoms with Crippen LogP contribution in [0.2, 0.25) is 0 Å². The molecule has 11 nitrogen and oxygen atoms in total. The number of aromatic nitrogens is 1. The Hall–Kier alpha value is -2.70. The standard InChI is InChI=1S/C23H30N6O5S/c30-17-15-16(24-3-6-26-4-1-2-5-26)19(31)18-20(17)35-21(25-18)22(32)27-7-9-28(10-8-27)23(33)29-11-13-34-14-12-29/h1-15H2. The lowest BCUT2D eigenvalue weighted by atomic mass is 9.98. The Morgan fingerprint density at radius 2 is 1.57 bits per heavy atom. The Labute approximate surface area is 207 Å². The summed E-state index contributed by atoms with van der Waals surface area (Å²) in [7, 11) is 0. The summed E-state index contributed by atoms with van der Waals surface area (Å²) < 4.78 is 5.30. The largest absolute Gasteiger partial charge is 0.378 e. The number of rotatable bonds is 4. The molecular weight excluding hydrogens is 472 g/mol. The number of nitrogens with zero attached hydrogens (tertiary/aromatic N) is 6. The third kappa shape index (κ3) is 5.14. The van der Waals surface area contributed by atoms with Crippen LogP contribution in [-0.4, -0.2) is 132 Å². The normalized spacial score (nSPS) is 22.7. The van der Waals surface area contributed by atoms with Crippen LogP contribution < -0.4 is 0 Å². The number of amides is 3. The molecule has 0 radical (unpaired) electrons. The number of ether oxygens (including phenoxy) is 1. The van der Waals surface area contributed by atoms with Gasteiger partial charge in [0.05, 0.1) is 31.9 Å². The first-order chi connectivity index (χ1) is 17.0. The zero-order valence-corrected chi connectivity index (χ0v) is 20.6. The first-order valence-corrected chi connectivity index (χ1v) is 13.1. The Kier molecular flexibility index (Phi) is 7.21. The molecular formula is C23H30N6O5S. The highest BCUT2D eigenvalue weighted by Gasteiger charge is 2.36. The lowest BCUT2D eigenvalue weighted by Gasteiger charge is -2.38. The second-order valence-corrected chi connectivity index (χ2v) is 10.2. The summed E-state index contributed by atoms with van der Waals surface area (Å²) in [5.74, 6) is -0.870. The fourth-order valence-electron chi connectivity index (χ4n) is 4.85. The second-order valence-electron chi connectivity index (χ2n) is 9.16. The van der Waals surface area contributed by atoms with Gasteiger partial charge in [-0.3, -0.25) is 19.4 Å². The number of aliphatic imine (C=N–C) groups is 1. The van der Waals surface area contributed by atoms with Crippen molar-refractivity contribution in [1.29, 1.82) is 0 Å². The van der Waals surface area contributed by atoms with Crippen molar-refractivity contribution in [3.05, 3.63) is 15.6 Å². The maximum absolute atomic E-state index is 13.1.